The molecule has 2 fully saturated rings. The highest BCUT2D eigenvalue weighted by Crippen LogP contribution is 2.32. The SMILES string of the molecule is CCCN(c1cccc2nccn12)C1CC2CCC(C1)N2. The van der Waals surface area contributed by atoms with E-state index in [4.69, 9.17) is 0 Å². The van der Waals surface area contributed by atoms with E-state index in [1.54, 1.807) is 0 Å². The molecule has 4 nitrogen and oxygen atoms in total. The monoisotopic (exact) mass is 284 g/mol. The van der Waals surface area contributed by atoms with Crippen LogP contribution in [0.15, 0.2) is 30.6 Å². The van der Waals surface area contributed by atoms with Gasteiger partial charge in [0.2, 0.25) is 0 Å². The van der Waals surface area contributed by atoms with Gasteiger partial charge in [-0.05, 0) is 44.2 Å². The molecule has 0 aliphatic carbocycles. The van der Waals surface area contributed by atoms with Crippen molar-refractivity contribution in [3.8, 4) is 0 Å². The van der Waals surface area contributed by atoms with Crippen LogP contribution in [-0.2, 0) is 0 Å². The Bertz CT molecular complexity index is 608. The summed E-state index contributed by atoms with van der Waals surface area (Å²) in [5.41, 5.74) is 1.05. The van der Waals surface area contributed by atoms with Gasteiger partial charge in [0.25, 0.3) is 0 Å². The van der Waals surface area contributed by atoms with Crippen LogP contribution < -0.4 is 10.2 Å². The number of imidazole rings is 1. The van der Waals surface area contributed by atoms with Crippen LogP contribution in [0.2, 0.25) is 0 Å². The standard InChI is InChI=1S/C17H24N4/c1-2-9-20(15-11-13-6-7-14(12-15)19-13)17-5-3-4-16-18-8-10-21(16)17/h3-5,8,10,13-15,19H,2,6-7,9,11-12H2,1H3. The average molecular weight is 284 g/mol. The molecule has 2 unspecified atom stereocenters. The summed E-state index contributed by atoms with van der Waals surface area (Å²) in [6, 6.07) is 8.59. The predicted octanol–water partition coefficient (Wildman–Crippen LogP) is 2.83. The lowest BCUT2D eigenvalue weighted by Crippen LogP contribution is -2.49. The van der Waals surface area contributed by atoms with Gasteiger partial charge >= 0.3 is 0 Å². The highest BCUT2D eigenvalue weighted by Gasteiger charge is 2.36. The highest BCUT2D eigenvalue weighted by molar-refractivity contribution is 5.52. The fourth-order valence-electron chi connectivity index (χ4n) is 4.17. The van der Waals surface area contributed by atoms with Crippen molar-refractivity contribution in [3.05, 3.63) is 30.6 Å². The average Bonchev–Trinajstić information content (AvgIpc) is 3.11. The van der Waals surface area contributed by atoms with Crippen molar-refractivity contribution in [3.63, 3.8) is 0 Å². The first kappa shape index (κ1) is 13.1. The summed E-state index contributed by atoms with van der Waals surface area (Å²) >= 11 is 0. The number of rotatable bonds is 4. The summed E-state index contributed by atoms with van der Waals surface area (Å²) in [7, 11) is 0. The summed E-state index contributed by atoms with van der Waals surface area (Å²) in [6.45, 7) is 3.40. The molecule has 2 bridgehead atoms. The molecular formula is C17H24N4. The van der Waals surface area contributed by atoms with Gasteiger partial charge in [-0.3, -0.25) is 4.40 Å². The zero-order valence-electron chi connectivity index (χ0n) is 12.7. The molecule has 0 aromatic carbocycles. The Labute approximate surface area is 126 Å². The van der Waals surface area contributed by atoms with Crippen molar-refractivity contribution in [1.29, 1.82) is 0 Å². The molecule has 0 radical (unpaired) electrons. The van der Waals surface area contributed by atoms with Gasteiger partial charge in [0.1, 0.15) is 11.5 Å². The van der Waals surface area contributed by atoms with E-state index in [2.05, 4.69) is 50.9 Å². The first-order valence-corrected chi connectivity index (χ1v) is 8.30. The minimum absolute atomic E-state index is 0.664. The third-order valence-electron chi connectivity index (χ3n) is 5.05. The maximum absolute atomic E-state index is 4.43. The van der Waals surface area contributed by atoms with Gasteiger partial charge in [0.15, 0.2) is 0 Å². The quantitative estimate of drug-likeness (QED) is 0.937. The minimum atomic E-state index is 0.664. The Morgan fingerprint density at radius 2 is 2.10 bits per heavy atom. The van der Waals surface area contributed by atoms with Crippen molar-refractivity contribution in [2.24, 2.45) is 0 Å². The second-order valence-corrected chi connectivity index (χ2v) is 6.50. The molecule has 0 amide bonds. The third kappa shape index (κ3) is 2.31. The van der Waals surface area contributed by atoms with Gasteiger partial charge in [-0.25, -0.2) is 4.98 Å². The third-order valence-corrected chi connectivity index (χ3v) is 5.05. The topological polar surface area (TPSA) is 32.6 Å². The molecule has 21 heavy (non-hydrogen) atoms. The number of nitrogens with one attached hydrogen (secondary N) is 1. The molecule has 4 heteroatoms. The molecule has 4 rings (SSSR count). The van der Waals surface area contributed by atoms with Crippen molar-refractivity contribution >= 4 is 11.5 Å². The van der Waals surface area contributed by atoms with Gasteiger partial charge < -0.3 is 10.2 Å². The number of nitrogens with zero attached hydrogens (tertiary/aromatic N) is 3. The van der Waals surface area contributed by atoms with Crippen LogP contribution in [0.1, 0.15) is 39.0 Å². The second kappa shape index (κ2) is 5.34. The molecule has 0 saturated carbocycles. The first-order chi connectivity index (χ1) is 10.3. The van der Waals surface area contributed by atoms with Gasteiger partial charge in [-0.1, -0.05) is 13.0 Å². The fourth-order valence-corrected chi connectivity index (χ4v) is 4.17. The number of hydrogen-bond acceptors (Lipinski definition) is 3. The van der Waals surface area contributed by atoms with E-state index in [-0.39, 0.29) is 0 Å². The van der Waals surface area contributed by atoms with Crippen molar-refractivity contribution < 1.29 is 0 Å². The van der Waals surface area contributed by atoms with E-state index >= 15 is 0 Å². The Kier molecular flexibility index (Phi) is 3.34. The summed E-state index contributed by atoms with van der Waals surface area (Å²) in [6.07, 6.45) is 10.4. The zero-order valence-corrected chi connectivity index (χ0v) is 12.7. The molecule has 2 saturated heterocycles. The lowest BCUT2D eigenvalue weighted by Gasteiger charge is -2.39. The predicted molar refractivity (Wildman–Crippen MR) is 85.8 cm³/mol. The summed E-state index contributed by atoms with van der Waals surface area (Å²) in [5.74, 6) is 1.30. The fraction of sp³-hybridized carbons (Fsp3) is 0.588. The Hall–Kier alpha value is -1.55. The number of piperidine rings is 1. The van der Waals surface area contributed by atoms with Crippen LogP contribution in [0.4, 0.5) is 5.82 Å². The maximum atomic E-state index is 4.43. The second-order valence-electron chi connectivity index (χ2n) is 6.50. The largest absolute Gasteiger partial charge is 0.355 e. The van der Waals surface area contributed by atoms with E-state index in [1.165, 1.54) is 37.9 Å². The molecule has 112 valence electrons. The number of pyridine rings is 1. The van der Waals surface area contributed by atoms with Crippen LogP contribution in [-0.4, -0.2) is 34.1 Å². The maximum Gasteiger partial charge on any atom is 0.138 e. The molecule has 2 aliphatic heterocycles. The van der Waals surface area contributed by atoms with E-state index in [9.17, 15) is 0 Å². The van der Waals surface area contributed by atoms with E-state index < -0.39 is 0 Å². The molecule has 0 spiro atoms. The number of fused-ring (bicyclic) bond motifs is 3. The number of anilines is 1. The summed E-state index contributed by atoms with van der Waals surface area (Å²) < 4.78 is 2.24. The zero-order chi connectivity index (χ0) is 14.2. The molecular weight excluding hydrogens is 260 g/mol. The van der Waals surface area contributed by atoms with Crippen molar-refractivity contribution in [2.75, 3.05) is 11.4 Å². The van der Waals surface area contributed by atoms with Crippen LogP contribution >= 0.6 is 0 Å². The van der Waals surface area contributed by atoms with Crippen LogP contribution in [0, 0.1) is 0 Å². The van der Waals surface area contributed by atoms with Crippen molar-refractivity contribution in [2.45, 2.75) is 57.2 Å². The highest BCUT2D eigenvalue weighted by atomic mass is 15.3. The van der Waals surface area contributed by atoms with Crippen LogP contribution in [0.3, 0.4) is 0 Å². The molecule has 2 atom stereocenters. The lowest BCUT2D eigenvalue weighted by atomic mass is 9.98. The number of aromatic nitrogens is 2. The Balaban J connectivity index is 1.69. The Morgan fingerprint density at radius 1 is 1.29 bits per heavy atom. The van der Waals surface area contributed by atoms with Gasteiger partial charge in [-0.2, -0.15) is 0 Å². The van der Waals surface area contributed by atoms with Crippen LogP contribution in [0.5, 0.6) is 0 Å². The smallest absolute Gasteiger partial charge is 0.138 e. The first-order valence-electron chi connectivity index (χ1n) is 8.30. The molecule has 2 aromatic rings. The van der Waals surface area contributed by atoms with Gasteiger partial charge in [0.05, 0.1) is 0 Å². The summed E-state index contributed by atoms with van der Waals surface area (Å²) in [5, 5.41) is 3.76. The van der Waals surface area contributed by atoms with Gasteiger partial charge in [-0.15, -0.1) is 0 Å². The molecule has 1 N–H and O–H groups in total. The van der Waals surface area contributed by atoms with E-state index in [1.807, 2.05) is 6.20 Å². The number of hydrogen-bond donors (Lipinski definition) is 1. The van der Waals surface area contributed by atoms with Gasteiger partial charge in [0, 0.05) is 37.1 Å². The van der Waals surface area contributed by atoms with E-state index in [0.29, 0.717) is 6.04 Å². The molecule has 2 aromatic heterocycles. The normalized spacial score (nSPS) is 28.1. The Morgan fingerprint density at radius 3 is 2.86 bits per heavy atom. The van der Waals surface area contributed by atoms with E-state index in [0.717, 1.165) is 24.3 Å². The van der Waals surface area contributed by atoms with Crippen molar-refractivity contribution in [1.82, 2.24) is 14.7 Å². The lowest BCUT2D eigenvalue weighted by molar-refractivity contribution is 0.345. The molecule has 2 aliphatic rings. The minimum Gasteiger partial charge on any atom is -0.355 e. The van der Waals surface area contributed by atoms with Crippen LogP contribution in [0.25, 0.3) is 5.65 Å². The summed E-state index contributed by atoms with van der Waals surface area (Å²) in [4.78, 5) is 7.06. The molecule has 4 heterocycles.